The van der Waals surface area contributed by atoms with Crippen molar-refractivity contribution in [2.24, 2.45) is 0 Å². The number of hydrogen-bond acceptors (Lipinski definition) is 18. The summed E-state index contributed by atoms with van der Waals surface area (Å²) in [6.45, 7) is 1.65. The van der Waals surface area contributed by atoms with Crippen LogP contribution in [0.3, 0.4) is 0 Å². The summed E-state index contributed by atoms with van der Waals surface area (Å²) < 4.78 is 34.1. The van der Waals surface area contributed by atoms with E-state index in [0.717, 1.165) is 57.8 Å². The van der Waals surface area contributed by atoms with Crippen molar-refractivity contribution in [3.63, 3.8) is 0 Å². The number of rotatable bonds is 46. The molecular formula is C59H111NO18. The van der Waals surface area contributed by atoms with E-state index in [-0.39, 0.29) is 18.9 Å². The van der Waals surface area contributed by atoms with Crippen molar-refractivity contribution in [1.82, 2.24) is 5.32 Å². The summed E-state index contributed by atoms with van der Waals surface area (Å²) in [4.78, 5) is 13.1. The summed E-state index contributed by atoms with van der Waals surface area (Å²) in [5.41, 5.74) is 0. The van der Waals surface area contributed by atoms with E-state index in [1.54, 1.807) is 6.08 Å². The molecule has 0 radical (unpaired) electrons. The molecule has 0 aromatic heterocycles. The van der Waals surface area contributed by atoms with Gasteiger partial charge in [-0.3, -0.25) is 4.79 Å². The Balaban J connectivity index is 1.38. The highest BCUT2D eigenvalue weighted by Gasteiger charge is 2.53. The Hall–Kier alpha value is -1.47. The van der Waals surface area contributed by atoms with E-state index in [0.29, 0.717) is 6.42 Å². The highest BCUT2D eigenvalue weighted by molar-refractivity contribution is 5.76. The minimum Gasteiger partial charge on any atom is -0.394 e. The average Bonchev–Trinajstić information content (AvgIpc) is 3.46. The van der Waals surface area contributed by atoms with Crippen LogP contribution in [0.25, 0.3) is 0 Å². The first-order chi connectivity index (χ1) is 37.8. The lowest BCUT2D eigenvalue weighted by Gasteiger charge is -2.48. The Labute approximate surface area is 467 Å². The second kappa shape index (κ2) is 43.2. The van der Waals surface area contributed by atoms with Crippen molar-refractivity contribution >= 4 is 5.91 Å². The van der Waals surface area contributed by atoms with Crippen molar-refractivity contribution in [3.05, 3.63) is 12.2 Å². The summed E-state index contributed by atoms with van der Waals surface area (Å²) >= 11 is 0. The Kier molecular flexibility index (Phi) is 39.2. The van der Waals surface area contributed by atoms with Crippen molar-refractivity contribution in [2.45, 2.75) is 330 Å². The van der Waals surface area contributed by atoms with Gasteiger partial charge in [0.2, 0.25) is 5.91 Å². The minimum atomic E-state index is -1.97. The van der Waals surface area contributed by atoms with E-state index >= 15 is 0 Å². The summed E-state index contributed by atoms with van der Waals surface area (Å²) in [5, 5.41) is 120. The number of ether oxygens (including phenoxy) is 6. The zero-order chi connectivity index (χ0) is 56.9. The number of carbonyl (C=O) groups is 1. The van der Waals surface area contributed by atoms with Gasteiger partial charge in [-0.05, 0) is 19.3 Å². The Morgan fingerprint density at radius 1 is 0.449 bits per heavy atom. The normalized spacial score (nSPS) is 30.5. The zero-order valence-corrected chi connectivity index (χ0v) is 47.9. The van der Waals surface area contributed by atoms with Crippen LogP contribution in [-0.2, 0) is 33.2 Å². The van der Waals surface area contributed by atoms with Gasteiger partial charge in [0, 0.05) is 6.42 Å². The fourth-order valence-corrected chi connectivity index (χ4v) is 10.7. The van der Waals surface area contributed by atoms with Crippen LogP contribution in [0.4, 0.5) is 0 Å². The van der Waals surface area contributed by atoms with Crippen LogP contribution in [0.1, 0.15) is 226 Å². The average molecular weight is 1120 g/mol. The Morgan fingerprint density at radius 3 is 1.21 bits per heavy atom. The SMILES string of the molecule is CCCCCCCCCCCCCCCCCCCCCCCCCCC/C=C/C(O)C(COC1OC(CO)C(OC2OC(CO)C(OC3OC(CO)C(O)C(O)C3O)C(O)C2O)C(O)C1O)NC(=O)CCCCCCCC. The zero-order valence-electron chi connectivity index (χ0n) is 47.9. The second-order valence-electron chi connectivity index (χ2n) is 22.5. The summed E-state index contributed by atoms with van der Waals surface area (Å²) in [6.07, 6.45) is 17.0. The van der Waals surface area contributed by atoms with E-state index in [9.17, 15) is 61.0 Å². The molecule has 1 amide bonds. The standard InChI is InChI=1S/C59H111NO18/c1-3-5-7-9-11-12-13-14-15-16-17-18-19-20-21-22-23-24-25-26-27-28-29-30-31-32-34-36-43(64)42(60-47(65)37-35-33-10-8-6-4-2)41-73-57-53(71)50(68)55(45(39-62)75-57)78-59-54(72)51(69)56(46(40-63)76-59)77-58-52(70)49(67)48(66)44(38-61)74-58/h34,36,42-46,48-59,61-64,66-72H,3-33,35,37-41H2,1-2H3,(H,60,65)/b36-34+. The fourth-order valence-electron chi connectivity index (χ4n) is 10.7. The molecule has 19 nitrogen and oxygen atoms in total. The van der Waals surface area contributed by atoms with Crippen molar-refractivity contribution in [1.29, 1.82) is 0 Å². The van der Waals surface area contributed by atoms with Gasteiger partial charge in [-0.25, -0.2) is 0 Å². The number of allylic oxidation sites excluding steroid dienone is 1. The van der Waals surface area contributed by atoms with Gasteiger partial charge in [-0.15, -0.1) is 0 Å². The van der Waals surface area contributed by atoms with Gasteiger partial charge < -0.3 is 89.9 Å². The number of unbranched alkanes of at least 4 members (excludes halogenated alkanes) is 30. The van der Waals surface area contributed by atoms with Crippen molar-refractivity contribution in [3.8, 4) is 0 Å². The summed E-state index contributed by atoms with van der Waals surface area (Å²) in [5.74, 6) is -0.283. The molecule has 0 aromatic carbocycles. The van der Waals surface area contributed by atoms with E-state index < -0.39 is 124 Å². The largest absolute Gasteiger partial charge is 0.394 e. The molecule has 3 aliphatic rings. The van der Waals surface area contributed by atoms with Gasteiger partial charge in [0.1, 0.15) is 73.2 Å². The van der Waals surface area contributed by atoms with Gasteiger partial charge in [-0.2, -0.15) is 0 Å². The number of nitrogens with one attached hydrogen (secondary N) is 1. The second-order valence-corrected chi connectivity index (χ2v) is 22.5. The third-order valence-corrected chi connectivity index (χ3v) is 15.8. The lowest BCUT2D eigenvalue weighted by Crippen LogP contribution is -2.66. The molecule has 0 saturated carbocycles. The maximum atomic E-state index is 13.1. The number of carbonyl (C=O) groups excluding carboxylic acids is 1. The van der Waals surface area contributed by atoms with Gasteiger partial charge in [-0.1, -0.05) is 212 Å². The van der Waals surface area contributed by atoms with Gasteiger partial charge in [0.15, 0.2) is 18.9 Å². The monoisotopic (exact) mass is 1120 g/mol. The smallest absolute Gasteiger partial charge is 0.220 e. The lowest BCUT2D eigenvalue weighted by molar-refractivity contribution is -0.379. The molecule has 0 bridgehead atoms. The Morgan fingerprint density at radius 2 is 0.795 bits per heavy atom. The van der Waals surface area contributed by atoms with Crippen molar-refractivity contribution in [2.75, 3.05) is 26.4 Å². The van der Waals surface area contributed by atoms with Gasteiger partial charge >= 0.3 is 0 Å². The highest BCUT2D eigenvalue weighted by atomic mass is 16.8. The number of aliphatic hydroxyl groups excluding tert-OH is 11. The van der Waals surface area contributed by atoms with E-state index in [4.69, 9.17) is 28.4 Å². The molecule has 17 unspecified atom stereocenters. The number of hydrogen-bond donors (Lipinski definition) is 12. The van der Waals surface area contributed by atoms with Gasteiger partial charge in [0.05, 0.1) is 38.6 Å². The van der Waals surface area contributed by atoms with Crippen LogP contribution in [0, 0.1) is 0 Å². The molecule has 19 heteroatoms. The fraction of sp³-hybridized carbons (Fsp3) is 0.949. The van der Waals surface area contributed by atoms with Crippen LogP contribution in [0.5, 0.6) is 0 Å². The van der Waals surface area contributed by atoms with E-state index in [1.807, 2.05) is 6.08 Å². The molecule has 17 atom stereocenters. The predicted molar refractivity (Wildman–Crippen MR) is 296 cm³/mol. The van der Waals surface area contributed by atoms with Crippen LogP contribution >= 0.6 is 0 Å². The first-order valence-electron chi connectivity index (χ1n) is 30.9. The molecule has 0 spiro atoms. The molecule has 460 valence electrons. The number of aliphatic hydroxyl groups is 11. The molecule has 12 N–H and O–H groups in total. The molecule has 3 saturated heterocycles. The topological polar surface area (TPSA) is 307 Å². The molecule has 3 fully saturated rings. The molecule has 0 aromatic rings. The highest BCUT2D eigenvalue weighted by Crippen LogP contribution is 2.33. The van der Waals surface area contributed by atoms with Crippen LogP contribution in [0.15, 0.2) is 12.2 Å². The minimum absolute atomic E-state index is 0.243. The quantitative estimate of drug-likeness (QED) is 0.0254. The molecule has 78 heavy (non-hydrogen) atoms. The van der Waals surface area contributed by atoms with Crippen LogP contribution in [0.2, 0.25) is 0 Å². The molecule has 3 aliphatic heterocycles. The summed E-state index contributed by atoms with van der Waals surface area (Å²) in [7, 11) is 0. The molecule has 0 aliphatic carbocycles. The van der Waals surface area contributed by atoms with E-state index in [1.165, 1.54) is 141 Å². The third kappa shape index (κ3) is 26.8. The first-order valence-corrected chi connectivity index (χ1v) is 30.9. The van der Waals surface area contributed by atoms with Crippen LogP contribution in [-0.4, -0.2) is 193 Å². The van der Waals surface area contributed by atoms with Crippen molar-refractivity contribution < 1.29 is 89.4 Å². The van der Waals surface area contributed by atoms with Crippen LogP contribution < -0.4 is 5.32 Å². The lowest BCUT2D eigenvalue weighted by atomic mass is 9.96. The maximum Gasteiger partial charge on any atom is 0.220 e. The first kappa shape index (κ1) is 70.8. The molecule has 3 heterocycles. The van der Waals surface area contributed by atoms with E-state index in [2.05, 4.69) is 19.2 Å². The summed E-state index contributed by atoms with van der Waals surface area (Å²) in [6, 6.07) is -0.965. The van der Waals surface area contributed by atoms with Gasteiger partial charge in [0.25, 0.3) is 0 Å². The molecule has 3 rings (SSSR count). The maximum absolute atomic E-state index is 13.1. The number of amides is 1. The Bertz CT molecular complexity index is 1480. The predicted octanol–water partition coefficient (Wildman–Crippen LogP) is 5.77. The molecular weight excluding hydrogens is 1010 g/mol. The third-order valence-electron chi connectivity index (χ3n) is 15.8.